The van der Waals surface area contributed by atoms with E-state index in [4.69, 9.17) is 29.2 Å². The molecule has 0 saturated carbocycles. The molecule has 0 bridgehead atoms. The zero-order valence-corrected chi connectivity index (χ0v) is 25.9. The van der Waals surface area contributed by atoms with Gasteiger partial charge in [-0.25, -0.2) is 0 Å². The molecule has 1 unspecified atom stereocenters. The van der Waals surface area contributed by atoms with Gasteiger partial charge in [0.05, 0.1) is 33.0 Å². The summed E-state index contributed by atoms with van der Waals surface area (Å²) < 4.78 is 27.5. The van der Waals surface area contributed by atoms with E-state index in [-0.39, 0.29) is 31.6 Å². The number of rotatable bonds is 24. The Morgan fingerprint density at radius 2 is 1.72 bits per heavy atom. The van der Waals surface area contributed by atoms with E-state index in [0.717, 1.165) is 0 Å². The Balaban J connectivity index is 2.11. The molecule has 2 amide bonds. The number of benzene rings is 1. The van der Waals surface area contributed by atoms with E-state index in [1.807, 2.05) is 27.7 Å². The lowest BCUT2D eigenvalue weighted by Gasteiger charge is -2.15. The second-order valence-corrected chi connectivity index (χ2v) is 9.94. The average Bonchev–Trinajstić information content (AvgIpc) is 2.98. The molecule has 0 heterocycles. The molecule has 1 aromatic carbocycles. The third-order valence-corrected chi connectivity index (χ3v) is 5.37. The fourth-order valence-corrected chi connectivity index (χ4v) is 3.33. The summed E-state index contributed by atoms with van der Waals surface area (Å²) in [6.07, 6.45) is 0.117. The van der Waals surface area contributed by atoms with Crippen molar-refractivity contribution in [1.82, 2.24) is 16.0 Å². The van der Waals surface area contributed by atoms with Crippen LogP contribution in [-0.2, 0) is 23.7 Å². The Morgan fingerprint density at radius 3 is 2.47 bits per heavy atom. The molecule has 1 rings (SSSR count). The molecule has 43 heavy (non-hydrogen) atoms. The van der Waals surface area contributed by atoms with Gasteiger partial charge in [-0.05, 0) is 30.2 Å². The number of amides is 2. The first-order chi connectivity index (χ1) is 20.8. The molecule has 0 aromatic heterocycles. The van der Waals surface area contributed by atoms with Crippen LogP contribution in [0.25, 0.3) is 10.4 Å². The molecule has 0 spiro atoms. The lowest BCUT2D eigenvalue weighted by atomic mass is 10.2. The number of ether oxygens (including phenoxy) is 5. The van der Waals surface area contributed by atoms with Gasteiger partial charge in [-0.3, -0.25) is 9.59 Å². The maximum Gasteiger partial charge on any atom is 0.251 e. The molecular formula is C30H48N6O7. The van der Waals surface area contributed by atoms with Crippen molar-refractivity contribution in [2.24, 2.45) is 11.0 Å². The van der Waals surface area contributed by atoms with Crippen LogP contribution in [0.15, 0.2) is 29.4 Å². The minimum Gasteiger partial charge on any atom is -0.491 e. The van der Waals surface area contributed by atoms with Crippen LogP contribution in [0, 0.1) is 17.8 Å². The molecule has 0 saturated heterocycles. The van der Waals surface area contributed by atoms with E-state index in [0.29, 0.717) is 88.8 Å². The molecule has 0 aliphatic heterocycles. The number of nitrogens with one attached hydrogen (secondary N) is 3. The Morgan fingerprint density at radius 1 is 0.953 bits per heavy atom. The van der Waals surface area contributed by atoms with Crippen molar-refractivity contribution in [3.63, 3.8) is 0 Å². The van der Waals surface area contributed by atoms with E-state index < -0.39 is 6.23 Å². The molecule has 0 aliphatic rings. The zero-order valence-electron chi connectivity index (χ0n) is 25.9. The highest BCUT2D eigenvalue weighted by Crippen LogP contribution is 2.14. The Bertz CT molecular complexity index is 1020. The van der Waals surface area contributed by atoms with E-state index in [1.54, 1.807) is 24.3 Å². The highest BCUT2D eigenvalue weighted by atomic mass is 16.6. The SMILES string of the molecule is CC(C)C#CCOCCNC(=O)CCCOCCOCCOC(COc1cccc(C(=O)NCCNC(C)C)c1)N=[N+]=[N-]. The number of carbonyl (C=O) groups excluding carboxylic acids is 2. The van der Waals surface area contributed by atoms with Gasteiger partial charge in [0.1, 0.15) is 19.0 Å². The highest BCUT2D eigenvalue weighted by Gasteiger charge is 2.10. The second-order valence-electron chi connectivity index (χ2n) is 9.94. The van der Waals surface area contributed by atoms with E-state index >= 15 is 0 Å². The third kappa shape index (κ3) is 21.9. The summed E-state index contributed by atoms with van der Waals surface area (Å²) in [5.74, 6) is 6.46. The van der Waals surface area contributed by atoms with Gasteiger partial charge in [-0.15, -0.1) is 0 Å². The summed E-state index contributed by atoms with van der Waals surface area (Å²) in [6.45, 7) is 12.2. The van der Waals surface area contributed by atoms with E-state index in [1.165, 1.54) is 0 Å². The molecule has 13 nitrogen and oxygen atoms in total. The van der Waals surface area contributed by atoms with Crippen molar-refractivity contribution in [2.45, 2.75) is 52.8 Å². The summed E-state index contributed by atoms with van der Waals surface area (Å²) >= 11 is 0. The molecule has 0 fully saturated rings. The number of hydrogen-bond acceptors (Lipinski definition) is 9. The molecule has 1 atom stereocenters. The monoisotopic (exact) mass is 604 g/mol. The topological polar surface area (TPSA) is 165 Å². The highest BCUT2D eigenvalue weighted by molar-refractivity contribution is 5.94. The van der Waals surface area contributed by atoms with Gasteiger partial charge >= 0.3 is 0 Å². The minimum absolute atomic E-state index is 0.0237. The van der Waals surface area contributed by atoms with Crippen LogP contribution in [0.4, 0.5) is 0 Å². The van der Waals surface area contributed by atoms with Gasteiger partial charge in [0.25, 0.3) is 5.91 Å². The molecule has 3 N–H and O–H groups in total. The Labute approximate surface area is 255 Å². The van der Waals surface area contributed by atoms with Crippen LogP contribution >= 0.6 is 0 Å². The van der Waals surface area contributed by atoms with Crippen LogP contribution in [0.1, 0.15) is 50.9 Å². The maximum atomic E-state index is 12.4. The molecule has 0 aliphatic carbocycles. The van der Waals surface area contributed by atoms with Crippen LogP contribution in [0.3, 0.4) is 0 Å². The van der Waals surface area contributed by atoms with E-state index in [9.17, 15) is 9.59 Å². The minimum atomic E-state index is -0.860. The number of hydrogen-bond donors (Lipinski definition) is 3. The Kier molecular flexibility index (Phi) is 22.0. The fourth-order valence-electron chi connectivity index (χ4n) is 3.33. The molecular weight excluding hydrogens is 556 g/mol. The first-order valence-electron chi connectivity index (χ1n) is 14.7. The molecule has 240 valence electrons. The van der Waals surface area contributed by atoms with Crippen molar-refractivity contribution in [3.05, 3.63) is 40.3 Å². The summed E-state index contributed by atoms with van der Waals surface area (Å²) in [6, 6.07) is 7.09. The summed E-state index contributed by atoms with van der Waals surface area (Å²) in [5, 5.41) is 12.5. The van der Waals surface area contributed by atoms with E-state index in [2.05, 4.69) is 37.8 Å². The van der Waals surface area contributed by atoms with Crippen molar-refractivity contribution < 1.29 is 33.3 Å². The normalized spacial score (nSPS) is 11.4. The zero-order chi connectivity index (χ0) is 31.5. The molecule has 0 radical (unpaired) electrons. The lowest BCUT2D eigenvalue weighted by molar-refractivity contribution is -0.121. The largest absolute Gasteiger partial charge is 0.491 e. The van der Waals surface area contributed by atoms with Gasteiger partial charge in [0.15, 0.2) is 6.23 Å². The van der Waals surface area contributed by atoms with Crippen molar-refractivity contribution >= 4 is 11.8 Å². The van der Waals surface area contributed by atoms with Crippen LogP contribution < -0.4 is 20.7 Å². The molecule has 13 heteroatoms. The summed E-state index contributed by atoms with van der Waals surface area (Å²) in [5.41, 5.74) is 9.31. The van der Waals surface area contributed by atoms with Gasteiger partial charge < -0.3 is 39.6 Å². The first kappa shape index (κ1) is 37.7. The summed E-state index contributed by atoms with van der Waals surface area (Å²) in [7, 11) is 0. The predicted octanol–water partition coefficient (Wildman–Crippen LogP) is 3.05. The van der Waals surface area contributed by atoms with Crippen LogP contribution in [0.2, 0.25) is 0 Å². The smallest absolute Gasteiger partial charge is 0.251 e. The number of carbonyl (C=O) groups is 2. The number of azide groups is 1. The fraction of sp³-hybridized carbons (Fsp3) is 0.667. The van der Waals surface area contributed by atoms with Gasteiger partial charge in [-0.1, -0.05) is 50.7 Å². The maximum absolute atomic E-state index is 12.4. The van der Waals surface area contributed by atoms with Gasteiger partial charge in [0, 0.05) is 55.1 Å². The van der Waals surface area contributed by atoms with Crippen LogP contribution in [0.5, 0.6) is 5.75 Å². The van der Waals surface area contributed by atoms with Gasteiger partial charge in [0.2, 0.25) is 5.91 Å². The van der Waals surface area contributed by atoms with Gasteiger partial charge in [-0.2, -0.15) is 0 Å². The quantitative estimate of drug-likeness (QED) is 0.0533. The first-order valence-corrected chi connectivity index (χ1v) is 14.7. The lowest BCUT2D eigenvalue weighted by Crippen LogP contribution is -2.34. The molecule has 1 aromatic rings. The van der Waals surface area contributed by atoms with Crippen molar-refractivity contribution in [1.29, 1.82) is 0 Å². The summed E-state index contributed by atoms with van der Waals surface area (Å²) in [4.78, 5) is 27.0. The van der Waals surface area contributed by atoms with Crippen molar-refractivity contribution in [3.8, 4) is 17.6 Å². The van der Waals surface area contributed by atoms with Crippen LogP contribution in [-0.4, -0.2) is 96.6 Å². The second kappa shape index (κ2) is 25.2. The third-order valence-electron chi connectivity index (χ3n) is 5.37. The average molecular weight is 605 g/mol. The standard InChI is InChI=1S/C30H48N6O7/c1-24(2)8-6-15-39-17-14-33-28(37)11-7-16-40-18-19-41-20-21-42-29(35-36-31)23-43-27-10-5-9-26(22-27)30(38)34-13-12-32-25(3)4/h5,9-10,22,24-25,29,32H,7,11-21,23H2,1-4H3,(H,33,37)(H,34,38). The predicted molar refractivity (Wildman–Crippen MR) is 164 cm³/mol. The Hall–Kier alpha value is -3.37. The van der Waals surface area contributed by atoms with Crippen molar-refractivity contribution in [2.75, 3.05) is 72.5 Å². The number of nitrogens with zero attached hydrogens (tertiary/aromatic N) is 3.